The van der Waals surface area contributed by atoms with Crippen LogP contribution in [0.4, 0.5) is 0 Å². The largest absolute Gasteiger partial charge is 0.496 e. The maximum Gasteiger partial charge on any atom is 0.270 e. The number of carbonyl (C=O) groups is 2. The third-order valence-electron chi connectivity index (χ3n) is 6.65. The van der Waals surface area contributed by atoms with Crippen LogP contribution in [0.15, 0.2) is 54.6 Å². The molecule has 2 fully saturated rings. The normalized spacial score (nSPS) is 19.6. The van der Waals surface area contributed by atoms with Gasteiger partial charge in [-0.2, -0.15) is 0 Å². The molecule has 1 atom stereocenters. The smallest absolute Gasteiger partial charge is 0.270 e. The molecule has 0 aliphatic carbocycles. The van der Waals surface area contributed by atoms with E-state index >= 15 is 0 Å². The summed E-state index contributed by atoms with van der Waals surface area (Å²) >= 11 is 0. The Hall–Kier alpha value is -3.36. The Morgan fingerprint density at radius 3 is 2.68 bits per heavy atom. The first kappa shape index (κ1) is 22.4. The third kappa shape index (κ3) is 4.64. The molecular weight excluding hydrogens is 432 g/mol. The summed E-state index contributed by atoms with van der Waals surface area (Å²) < 4.78 is 10.9. The van der Waals surface area contributed by atoms with Crippen LogP contribution >= 0.6 is 0 Å². The topological polar surface area (TPSA) is 78.1 Å². The molecule has 2 saturated heterocycles. The van der Waals surface area contributed by atoms with Crippen molar-refractivity contribution in [2.24, 2.45) is 0 Å². The number of aromatic amines is 1. The second kappa shape index (κ2) is 9.87. The molecule has 5 rings (SSSR count). The first-order valence-electron chi connectivity index (χ1n) is 11.7. The van der Waals surface area contributed by atoms with Gasteiger partial charge in [-0.15, -0.1) is 0 Å². The van der Waals surface area contributed by atoms with Gasteiger partial charge in [0.05, 0.1) is 26.4 Å². The third-order valence-corrected chi connectivity index (χ3v) is 6.65. The number of methoxy groups -OCH3 is 1. The lowest BCUT2D eigenvalue weighted by Crippen LogP contribution is -2.61. The number of nitrogens with one attached hydrogen (secondary N) is 1. The predicted molar refractivity (Wildman–Crippen MR) is 129 cm³/mol. The number of piperazine rings is 1. The number of hydrogen-bond donors (Lipinski definition) is 1. The minimum absolute atomic E-state index is 0.0320. The quantitative estimate of drug-likeness (QED) is 0.609. The minimum atomic E-state index is -0.169. The van der Waals surface area contributed by atoms with Gasteiger partial charge in [0.2, 0.25) is 5.91 Å². The Morgan fingerprint density at radius 2 is 1.91 bits per heavy atom. The van der Waals surface area contributed by atoms with E-state index in [2.05, 4.69) is 9.88 Å². The van der Waals surface area contributed by atoms with Gasteiger partial charge in [-0.25, -0.2) is 0 Å². The number of H-pyrrole nitrogens is 1. The molecule has 2 amide bonds. The first-order chi connectivity index (χ1) is 16.6. The SMILES string of the molecule is COc1cccc2[nH]c(C(=O)N3CC(=O)N(Cc4ccccc4)[C@@H](CN4CCOCC4)C3)cc12. The van der Waals surface area contributed by atoms with Crippen LogP contribution in [-0.2, 0) is 16.1 Å². The monoisotopic (exact) mass is 462 g/mol. The Morgan fingerprint density at radius 1 is 1.12 bits per heavy atom. The lowest BCUT2D eigenvalue weighted by molar-refractivity contribution is -0.140. The van der Waals surface area contributed by atoms with Crippen LogP contribution in [0.25, 0.3) is 10.9 Å². The Bertz CT molecular complexity index is 1160. The maximum absolute atomic E-state index is 13.5. The first-order valence-corrected chi connectivity index (χ1v) is 11.7. The van der Waals surface area contributed by atoms with Crippen molar-refractivity contribution < 1.29 is 19.1 Å². The molecule has 3 heterocycles. The van der Waals surface area contributed by atoms with Crippen LogP contribution < -0.4 is 4.74 Å². The van der Waals surface area contributed by atoms with Crippen molar-refractivity contribution in [1.82, 2.24) is 19.7 Å². The molecule has 0 unspecified atom stereocenters. The van der Waals surface area contributed by atoms with Crippen molar-refractivity contribution in [3.05, 3.63) is 65.9 Å². The summed E-state index contributed by atoms with van der Waals surface area (Å²) in [7, 11) is 1.62. The zero-order chi connectivity index (χ0) is 23.5. The van der Waals surface area contributed by atoms with Crippen molar-refractivity contribution in [2.45, 2.75) is 12.6 Å². The number of fused-ring (bicyclic) bond motifs is 1. The summed E-state index contributed by atoms with van der Waals surface area (Å²) in [5.74, 6) is 0.509. The number of morpholine rings is 1. The van der Waals surface area contributed by atoms with Gasteiger partial charge >= 0.3 is 0 Å². The molecular formula is C26H30N4O4. The minimum Gasteiger partial charge on any atom is -0.496 e. The number of carbonyl (C=O) groups excluding carboxylic acids is 2. The second-order valence-electron chi connectivity index (χ2n) is 8.86. The fourth-order valence-corrected chi connectivity index (χ4v) is 4.86. The molecule has 0 saturated carbocycles. The zero-order valence-corrected chi connectivity index (χ0v) is 19.4. The average Bonchev–Trinajstić information content (AvgIpc) is 3.31. The van der Waals surface area contributed by atoms with Crippen molar-refractivity contribution in [2.75, 3.05) is 53.0 Å². The number of ether oxygens (including phenoxy) is 2. The molecule has 34 heavy (non-hydrogen) atoms. The molecule has 2 aromatic carbocycles. The molecule has 0 bridgehead atoms. The van der Waals surface area contributed by atoms with E-state index in [0.29, 0.717) is 44.3 Å². The van der Waals surface area contributed by atoms with Crippen molar-refractivity contribution in [3.63, 3.8) is 0 Å². The van der Waals surface area contributed by atoms with Crippen molar-refractivity contribution in [3.8, 4) is 5.75 Å². The van der Waals surface area contributed by atoms with Gasteiger partial charge in [0.1, 0.15) is 18.0 Å². The molecule has 178 valence electrons. The van der Waals surface area contributed by atoms with Gasteiger partial charge < -0.3 is 24.3 Å². The van der Waals surface area contributed by atoms with Gasteiger partial charge in [0.15, 0.2) is 0 Å². The lowest BCUT2D eigenvalue weighted by Gasteiger charge is -2.43. The molecule has 3 aromatic rings. The molecule has 8 heteroatoms. The lowest BCUT2D eigenvalue weighted by atomic mass is 10.1. The summed E-state index contributed by atoms with van der Waals surface area (Å²) in [6, 6.07) is 17.4. The van der Waals surface area contributed by atoms with E-state index in [1.54, 1.807) is 12.0 Å². The summed E-state index contributed by atoms with van der Waals surface area (Å²) in [5, 5.41) is 0.854. The molecule has 0 radical (unpaired) electrons. The molecule has 2 aliphatic heterocycles. The molecule has 0 spiro atoms. The Balaban J connectivity index is 1.38. The van der Waals surface area contributed by atoms with Gasteiger partial charge in [-0.05, 0) is 23.8 Å². The highest BCUT2D eigenvalue weighted by Crippen LogP contribution is 2.27. The molecule has 1 N–H and O–H groups in total. The van der Waals surface area contributed by atoms with Crippen LogP contribution in [0.5, 0.6) is 5.75 Å². The maximum atomic E-state index is 13.5. The van der Waals surface area contributed by atoms with Crippen molar-refractivity contribution >= 4 is 22.7 Å². The predicted octanol–water partition coefficient (Wildman–Crippen LogP) is 2.36. The number of nitrogens with zero attached hydrogens (tertiary/aromatic N) is 3. The molecule has 2 aliphatic rings. The van der Waals surface area contributed by atoms with Crippen LogP contribution in [0.1, 0.15) is 16.1 Å². The Labute approximate surface area is 199 Å². The van der Waals surface area contributed by atoms with E-state index < -0.39 is 0 Å². The van der Waals surface area contributed by atoms with E-state index in [1.807, 2.05) is 59.5 Å². The van der Waals surface area contributed by atoms with Crippen molar-refractivity contribution in [1.29, 1.82) is 0 Å². The summed E-state index contributed by atoms with van der Waals surface area (Å²) in [6.07, 6.45) is 0. The zero-order valence-electron chi connectivity index (χ0n) is 19.4. The van der Waals surface area contributed by atoms with Gasteiger partial charge in [-0.3, -0.25) is 14.5 Å². The van der Waals surface area contributed by atoms with Crippen LogP contribution in [0, 0.1) is 0 Å². The molecule has 1 aromatic heterocycles. The van der Waals surface area contributed by atoms with Gasteiger partial charge in [0, 0.05) is 43.6 Å². The Kier molecular flexibility index (Phi) is 6.51. The fourth-order valence-electron chi connectivity index (χ4n) is 4.86. The average molecular weight is 463 g/mol. The van der Waals surface area contributed by atoms with Gasteiger partial charge in [0.25, 0.3) is 5.91 Å². The van der Waals surface area contributed by atoms with E-state index in [-0.39, 0.29) is 24.4 Å². The fraction of sp³-hybridized carbons (Fsp3) is 0.385. The number of benzene rings is 2. The van der Waals surface area contributed by atoms with E-state index in [0.717, 1.165) is 29.6 Å². The van der Waals surface area contributed by atoms with Crippen LogP contribution in [0.2, 0.25) is 0 Å². The molecule has 8 nitrogen and oxygen atoms in total. The number of aromatic nitrogens is 1. The summed E-state index contributed by atoms with van der Waals surface area (Å²) in [6.45, 7) is 4.86. The highest BCUT2D eigenvalue weighted by Gasteiger charge is 2.36. The van der Waals surface area contributed by atoms with Crippen LogP contribution in [0.3, 0.4) is 0 Å². The number of amides is 2. The highest BCUT2D eigenvalue weighted by molar-refractivity contribution is 6.01. The van der Waals surface area contributed by atoms with E-state index in [9.17, 15) is 9.59 Å². The number of rotatable bonds is 6. The van der Waals surface area contributed by atoms with Gasteiger partial charge in [-0.1, -0.05) is 36.4 Å². The highest BCUT2D eigenvalue weighted by atomic mass is 16.5. The second-order valence-corrected chi connectivity index (χ2v) is 8.86. The van der Waals surface area contributed by atoms with Crippen LogP contribution in [-0.4, -0.2) is 90.6 Å². The van der Waals surface area contributed by atoms with E-state index in [4.69, 9.17) is 9.47 Å². The standard InChI is InChI=1S/C26H30N4O4/c1-33-24-9-5-8-22-21(24)14-23(27-22)26(32)29-17-20(16-28-10-12-34-13-11-28)30(25(31)18-29)15-19-6-3-2-4-7-19/h2-9,14,20,27H,10-13,15-18H2,1H3/t20-/m0/s1. The summed E-state index contributed by atoms with van der Waals surface area (Å²) in [4.78, 5) is 35.9. The van der Waals surface area contributed by atoms with E-state index in [1.165, 1.54) is 0 Å². The number of hydrogen-bond acceptors (Lipinski definition) is 5. The summed E-state index contributed by atoms with van der Waals surface area (Å²) in [5.41, 5.74) is 2.39.